The minimum absolute atomic E-state index is 0.184. The van der Waals surface area contributed by atoms with Crippen molar-refractivity contribution in [3.05, 3.63) is 41.5 Å². The fourth-order valence-corrected chi connectivity index (χ4v) is 1.90. The number of nitrogens with one attached hydrogen (secondary N) is 1. The molecule has 0 spiro atoms. The molecular formula is C17H23NO3. The highest BCUT2D eigenvalue weighted by atomic mass is 16.4. The molecule has 4 heteroatoms. The van der Waals surface area contributed by atoms with Gasteiger partial charge in [0.2, 0.25) is 5.91 Å². The fraction of sp³-hybridized carbons (Fsp3) is 0.412. The monoisotopic (exact) mass is 289 g/mol. The first-order chi connectivity index (χ1) is 10.0. The van der Waals surface area contributed by atoms with Crippen molar-refractivity contribution in [3.8, 4) is 0 Å². The molecule has 21 heavy (non-hydrogen) atoms. The molecule has 0 saturated carbocycles. The molecular weight excluding hydrogens is 266 g/mol. The summed E-state index contributed by atoms with van der Waals surface area (Å²) in [4.78, 5) is 22.8. The van der Waals surface area contributed by atoms with Gasteiger partial charge in [0.25, 0.3) is 0 Å². The van der Waals surface area contributed by atoms with E-state index in [4.69, 9.17) is 5.11 Å². The van der Waals surface area contributed by atoms with Gasteiger partial charge < -0.3 is 10.4 Å². The molecule has 0 fully saturated rings. The summed E-state index contributed by atoms with van der Waals surface area (Å²) in [7, 11) is 0. The summed E-state index contributed by atoms with van der Waals surface area (Å²) in [5, 5.41) is 11.6. The van der Waals surface area contributed by atoms with E-state index in [0.717, 1.165) is 18.4 Å². The zero-order chi connectivity index (χ0) is 15.7. The van der Waals surface area contributed by atoms with Crippen molar-refractivity contribution in [2.24, 2.45) is 0 Å². The van der Waals surface area contributed by atoms with Gasteiger partial charge in [0.05, 0.1) is 0 Å². The topological polar surface area (TPSA) is 66.4 Å². The molecule has 1 amide bonds. The van der Waals surface area contributed by atoms with Gasteiger partial charge in [0.15, 0.2) is 0 Å². The minimum atomic E-state index is -0.973. The van der Waals surface area contributed by atoms with E-state index in [2.05, 4.69) is 5.32 Å². The van der Waals surface area contributed by atoms with E-state index >= 15 is 0 Å². The molecule has 0 saturated heterocycles. The molecule has 1 atom stereocenters. The third-order valence-corrected chi connectivity index (χ3v) is 3.17. The number of rotatable bonds is 8. The predicted octanol–water partition coefficient (Wildman–Crippen LogP) is 3.16. The van der Waals surface area contributed by atoms with Crippen LogP contribution in [0.1, 0.15) is 43.7 Å². The maximum absolute atomic E-state index is 11.7. The van der Waals surface area contributed by atoms with Crippen LogP contribution in [-0.2, 0) is 9.59 Å². The van der Waals surface area contributed by atoms with Gasteiger partial charge in [-0.15, -0.1) is 0 Å². The largest absolute Gasteiger partial charge is 0.480 e. The Morgan fingerprint density at radius 1 is 1.29 bits per heavy atom. The third kappa shape index (κ3) is 6.75. The van der Waals surface area contributed by atoms with Crippen LogP contribution in [0, 0.1) is 6.92 Å². The van der Waals surface area contributed by atoms with Crippen molar-refractivity contribution in [1.82, 2.24) is 5.32 Å². The Bertz CT molecular complexity index is 491. The van der Waals surface area contributed by atoms with Crippen LogP contribution in [0.3, 0.4) is 0 Å². The van der Waals surface area contributed by atoms with E-state index < -0.39 is 12.0 Å². The number of aryl methyl sites for hydroxylation is 1. The van der Waals surface area contributed by atoms with E-state index in [0.29, 0.717) is 6.42 Å². The van der Waals surface area contributed by atoms with Crippen LogP contribution in [0.5, 0.6) is 0 Å². The summed E-state index contributed by atoms with van der Waals surface area (Å²) < 4.78 is 0. The molecule has 1 unspecified atom stereocenters. The van der Waals surface area contributed by atoms with E-state index in [1.165, 1.54) is 5.56 Å². The second kappa shape index (κ2) is 8.95. The van der Waals surface area contributed by atoms with Crippen molar-refractivity contribution >= 4 is 18.0 Å². The van der Waals surface area contributed by atoms with Gasteiger partial charge in [0, 0.05) is 6.42 Å². The van der Waals surface area contributed by atoms with Crippen LogP contribution in [0.4, 0.5) is 0 Å². The Morgan fingerprint density at radius 2 is 1.95 bits per heavy atom. The maximum atomic E-state index is 11.7. The number of carbonyl (C=O) groups excluding carboxylic acids is 1. The molecule has 0 aliphatic heterocycles. The minimum Gasteiger partial charge on any atom is -0.480 e. The lowest BCUT2D eigenvalue weighted by atomic mass is 10.1. The highest BCUT2D eigenvalue weighted by Gasteiger charge is 2.18. The summed E-state index contributed by atoms with van der Waals surface area (Å²) in [6, 6.07) is 7.18. The van der Waals surface area contributed by atoms with Crippen LogP contribution in [0.25, 0.3) is 6.08 Å². The molecule has 1 rings (SSSR count). The summed E-state index contributed by atoms with van der Waals surface area (Å²) in [5.74, 6) is -1.24. The molecule has 1 aromatic carbocycles. The SMILES string of the molecule is CCCCC(NC(=O)C/C=C/c1ccc(C)cc1)C(=O)O. The molecule has 0 aromatic heterocycles. The van der Waals surface area contributed by atoms with E-state index in [1.54, 1.807) is 6.08 Å². The molecule has 4 nitrogen and oxygen atoms in total. The smallest absolute Gasteiger partial charge is 0.326 e. The fourth-order valence-electron chi connectivity index (χ4n) is 1.90. The van der Waals surface area contributed by atoms with Crippen LogP contribution < -0.4 is 5.32 Å². The number of carbonyl (C=O) groups is 2. The van der Waals surface area contributed by atoms with Gasteiger partial charge in [0.1, 0.15) is 6.04 Å². The number of amides is 1. The van der Waals surface area contributed by atoms with Gasteiger partial charge in [-0.25, -0.2) is 4.79 Å². The van der Waals surface area contributed by atoms with Gasteiger partial charge in [-0.05, 0) is 18.9 Å². The Balaban J connectivity index is 2.45. The number of benzene rings is 1. The van der Waals surface area contributed by atoms with Gasteiger partial charge in [-0.2, -0.15) is 0 Å². The lowest BCUT2D eigenvalue weighted by molar-refractivity contribution is -0.141. The van der Waals surface area contributed by atoms with Gasteiger partial charge in [-0.1, -0.05) is 61.7 Å². The molecule has 1 aromatic rings. The summed E-state index contributed by atoms with van der Waals surface area (Å²) in [6.45, 7) is 4.01. The van der Waals surface area contributed by atoms with Crippen LogP contribution in [0.15, 0.2) is 30.3 Å². The van der Waals surface area contributed by atoms with Crippen molar-refractivity contribution < 1.29 is 14.7 Å². The van der Waals surface area contributed by atoms with Gasteiger partial charge in [-0.3, -0.25) is 4.79 Å². The Hall–Kier alpha value is -2.10. The standard InChI is InChI=1S/C17H23NO3/c1-3-4-7-15(17(20)21)18-16(19)8-5-6-14-11-9-13(2)10-12-14/h5-6,9-12,15H,3-4,7-8H2,1-2H3,(H,18,19)(H,20,21)/b6-5+. The maximum Gasteiger partial charge on any atom is 0.326 e. The first kappa shape index (κ1) is 17.0. The van der Waals surface area contributed by atoms with Crippen molar-refractivity contribution in [2.75, 3.05) is 0 Å². The Kier molecular flexibility index (Phi) is 7.23. The second-order valence-electron chi connectivity index (χ2n) is 5.12. The molecule has 0 bridgehead atoms. The first-order valence-electron chi connectivity index (χ1n) is 7.28. The molecule has 0 aliphatic carbocycles. The average Bonchev–Trinajstić information content (AvgIpc) is 2.45. The summed E-state index contributed by atoms with van der Waals surface area (Å²) in [5.41, 5.74) is 2.21. The van der Waals surface area contributed by atoms with Crippen LogP contribution >= 0.6 is 0 Å². The highest BCUT2D eigenvalue weighted by molar-refractivity contribution is 5.84. The zero-order valence-electron chi connectivity index (χ0n) is 12.6. The number of aliphatic carboxylic acids is 1. The molecule has 0 heterocycles. The first-order valence-corrected chi connectivity index (χ1v) is 7.28. The van der Waals surface area contributed by atoms with E-state index in [1.807, 2.05) is 44.2 Å². The highest BCUT2D eigenvalue weighted by Crippen LogP contribution is 2.06. The van der Waals surface area contributed by atoms with Crippen LogP contribution in [-0.4, -0.2) is 23.0 Å². The normalized spacial score (nSPS) is 12.3. The zero-order valence-corrected chi connectivity index (χ0v) is 12.6. The molecule has 2 N–H and O–H groups in total. The Morgan fingerprint density at radius 3 is 2.52 bits per heavy atom. The number of carboxylic acid groups (broad SMARTS) is 1. The van der Waals surface area contributed by atoms with Crippen molar-refractivity contribution in [2.45, 2.75) is 45.6 Å². The number of carboxylic acids is 1. The summed E-state index contributed by atoms with van der Waals surface area (Å²) in [6.07, 6.45) is 5.96. The van der Waals surface area contributed by atoms with Crippen molar-refractivity contribution in [1.29, 1.82) is 0 Å². The Labute approximate surface area is 125 Å². The number of hydrogen-bond donors (Lipinski definition) is 2. The lowest BCUT2D eigenvalue weighted by Crippen LogP contribution is -2.40. The van der Waals surface area contributed by atoms with E-state index in [-0.39, 0.29) is 12.3 Å². The number of unbranched alkanes of at least 4 members (excludes halogenated alkanes) is 1. The number of hydrogen-bond acceptors (Lipinski definition) is 2. The quantitative estimate of drug-likeness (QED) is 0.772. The van der Waals surface area contributed by atoms with E-state index in [9.17, 15) is 9.59 Å². The lowest BCUT2D eigenvalue weighted by Gasteiger charge is -2.13. The molecule has 114 valence electrons. The molecule has 0 aliphatic rings. The predicted molar refractivity (Wildman–Crippen MR) is 83.9 cm³/mol. The van der Waals surface area contributed by atoms with Crippen LogP contribution in [0.2, 0.25) is 0 Å². The second-order valence-corrected chi connectivity index (χ2v) is 5.12. The van der Waals surface area contributed by atoms with Crippen molar-refractivity contribution in [3.63, 3.8) is 0 Å². The average molecular weight is 289 g/mol. The summed E-state index contributed by atoms with van der Waals surface area (Å²) >= 11 is 0. The third-order valence-electron chi connectivity index (χ3n) is 3.17. The molecule has 0 radical (unpaired) electrons. The van der Waals surface area contributed by atoms with Gasteiger partial charge >= 0.3 is 5.97 Å².